The molecule has 21 heavy (non-hydrogen) atoms. The number of ether oxygens (including phenoxy) is 1. The van der Waals surface area contributed by atoms with Crippen LogP contribution in [-0.4, -0.2) is 7.11 Å². The van der Waals surface area contributed by atoms with E-state index in [9.17, 15) is 0 Å². The Kier molecular flexibility index (Phi) is 4.36. The molecule has 0 fully saturated rings. The van der Waals surface area contributed by atoms with Gasteiger partial charge in [0.1, 0.15) is 5.75 Å². The van der Waals surface area contributed by atoms with E-state index in [0.29, 0.717) is 0 Å². The van der Waals surface area contributed by atoms with E-state index in [-0.39, 0.29) is 5.38 Å². The Morgan fingerprint density at radius 2 is 1.48 bits per heavy atom. The molecule has 0 N–H and O–H groups in total. The van der Waals surface area contributed by atoms with Crippen LogP contribution in [0, 0.1) is 3.57 Å². The number of benzene rings is 3. The van der Waals surface area contributed by atoms with Gasteiger partial charge in [-0.05, 0) is 74.8 Å². The summed E-state index contributed by atoms with van der Waals surface area (Å²) in [4.78, 5) is 0. The average molecular weight is 409 g/mol. The molecule has 0 heterocycles. The second-order valence-electron chi connectivity index (χ2n) is 4.89. The smallest absolute Gasteiger partial charge is 0.119 e. The molecule has 0 saturated heterocycles. The molecule has 0 aliphatic rings. The fourth-order valence-corrected chi connectivity index (χ4v) is 2.99. The SMILES string of the molecule is COc1ccc2cc(C(Cl)c3ccc(I)cc3)ccc2c1. The molecule has 1 unspecified atom stereocenters. The molecule has 0 aromatic heterocycles. The molecular weight excluding hydrogens is 395 g/mol. The number of hydrogen-bond donors (Lipinski definition) is 0. The first-order valence-corrected chi connectivity index (χ1v) is 8.16. The predicted molar refractivity (Wildman–Crippen MR) is 97.4 cm³/mol. The Morgan fingerprint density at radius 3 is 2.19 bits per heavy atom. The topological polar surface area (TPSA) is 9.23 Å². The molecule has 0 amide bonds. The van der Waals surface area contributed by atoms with Crippen molar-refractivity contribution in [1.82, 2.24) is 0 Å². The molecule has 0 aliphatic heterocycles. The van der Waals surface area contributed by atoms with Crippen molar-refractivity contribution in [3.8, 4) is 5.75 Å². The number of hydrogen-bond acceptors (Lipinski definition) is 1. The van der Waals surface area contributed by atoms with Crippen molar-refractivity contribution in [1.29, 1.82) is 0 Å². The fourth-order valence-electron chi connectivity index (χ4n) is 2.35. The molecular formula is C18H14ClIO. The lowest BCUT2D eigenvalue weighted by Crippen LogP contribution is -1.93. The lowest BCUT2D eigenvalue weighted by molar-refractivity contribution is 0.415. The molecule has 3 aromatic rings. The van der Waals surface area contributed by atoms with Crippen molar-refractivity contribution in [2.24, 2.45) is 0 Å². The third kappa shape index (κ3) is 3.16. The van der Waals surface area contributed by atoms with E-state index >= 15 is 0 Å². The second-order valence-corrected chi connectivity index (χ2v) is 6.57. The first kappa shape index (κ1) is 14.7. The zero-order chi connectivity index (χ0) is 14.8. The zero-order valence-corrected chi connectivity index (χ0v) is 14.4. The molecule has 1 atom stereocenters. The highest BCUT2D eigenvalue weighted by Gasteiger charge is 2.11. The van der Waals surface area contributed by atoms with Crippen LogP contribution in [-0.2, 0) is 0 Å². The van der Waals surface area contributed by atoms with Crippen molar-refractivity contribution in [3.05, 3.63) is 75.4 Å². The first-order chi connectivity index (χ1) is 10.2. The summed E-state index contributed by atoms with van der Waals surface area (Å²) >= 11 is 8.91. The molecule has 0 aliphatic carbocycles. The third-order valence-electron chi connectivity index (χ3n) is 3.53. The lowest BCUT2D eigenvalue weighted by Gasteiger charge is -2.12. The van der Waals surface area contributed by atoms with Gasteiger partial charge in [0.05, 0.1) is 12.5 Å². The summed E-state index contributed by atoms with van der Waals surface area (Å²) in [5.74, 6) is 0.871. The Labute approximate surface area is 143 Å². The quantitative estimate of drug-likeness (QED) is 0.394. The standard InChI is InChI=1S/C18H14ClIO/c1-21-17-9-6-13-10-15(3-2-14(13)11-17)18(19)12-4-7-16(20)8-5-12/h2-11,18H,1H3. The maximum Gasteiger partial charge on any atom is 0.119 e. The monoisotopic (exact) mass is 408 g/mol. The maximum absolute atomic E-state index is 6.62. The highest BCUT2D eigenvalue weighted by Crippen LogP contribution is 2.32. The Hall–Kier alpha value is -1.26. The Balaban J connectivity index is 1.98. The van der Waals surface area contributed by atoms with Gasteiger partial charge in [-0.1, -0.05) is 30.3 Å². The number of halogens is 2. The van der Waals surface area contributed by atoms with Crippen LogP contribution in [0.4, 0.5) is 0 Å². The second kappa shape index (κ2) is 6.24. The molecule has 0 saturated carbocycles. The normalized spacial score (nSPS) is 12.3. The summed E-state index contributed by atoms with van der Waals surface area (Å²) in [5, 5.41) is 2.20. The largest absolute Gasteiger partial charge is 0.497 e. The highest BCUT2D eigenvalue weighted by atomic mass is 127. The van der Waals surface area contributed by atoms with E-state index in [4.69, 9.17) is 16.3 Å². The minimum Gasteiger partial charge on any atom is -0.497 e. The summed E-state index contributed by atoms with van der Waals surface area (Å²) in [6.07, 6.45) is 0. The van der Waals surface area contributed by atoms with Gasteiger partial charge in [0.25, 0.3) is 0 Å². The molecule has 0 bridgehead atoms. The lowest BCUT2D eigenvalue weighted by atomic mass is 10.0. The van der Waals surface area contributed by atoms with Crippen LogP contribution in [0.2, 0.25) is 0 Å². The summed E-state index contributed by atoms with van der Waals surface area (Å²) in [7, 11) is 1.68. The molecule has 3 rings (SSSR count). The number of alkyl halides is 1. The van der Waals surface area contributed by atoms with Gasteiger partial charge in [0.2, 0.25) is 0 Å². The Morgan fingerprint density at radius 1 is 0.857 bits per heavy atom. The van der Waals surface area contributed by atoms with E-state index < -0.39 is 0 Å². The van der Waals surface area contributed by atoms with Crippen molar-refractivity contribution in [2.45, 2.75) is 5.38 Å². The van der Waals surface area contributed by atoms with Crippen molar-refractivity contribution >= 4 is 45.0 Å². The summed E-state index contributed by atoms with van der Waals surface area (Å²) < 4.78 is 6.47. The minimum absolute atomic E-state index is 0.131. The van der Waals surface area contributed by atoms with Gasteiger partial charge in [-0.3, -0.25) is 0 Å². The van der Waals surface area contributed by atoms with Gasteiger partial charge in [-0.15, -0.1) is 11.6 Å². The van der Waals surface area contributed by atoms with E-state index in [1.165, 1.54) is 8.96 Å². The van der Waals surface area contributed by atoms with Crippen LogP contribution in [0.5, 0.6) is 5.75 Å². The van der Waals surface area contributed by atoms with Gasteiger partial charge in [-0.2, -0.15) is 0 Å². The number of methoxy groups -OCH3 is 1. The van der Waals surface area contributed by atoms with Crippen molar-refractivity contribution in [2.75, 3.05) is 7.11 Å². The van der Waals surface area contributed by atoms with Crippen molar-refractivity contribution in [3.63, 3.8) is 0 Å². The first-order valence-electron chi connectivity index (χ1n) is 6.64. The molecule has 0 radical (unpaired) electrons. The van der Waals surface area contributed by atoms with Crippen LogP contribution in [0.3, 0.4) is 0 Å². The van der Waals surface area contributed by atoms with Crippen LogP contribution in [0.1, 0.15) is 16.5 Å². The van der Waals surface area contributed by atoms with Crippen molar-refractivity contribution < 1.29 is 4.74 Å². The van der Waals surface area contributed by atoms with Crippen LogP contribution in [0.25, 0.3) is 10.8 Å². The number of fused-ring (bicyclic) bond motifs is 1. The predicted octanol–water partition coefficient (Wildman–Crippen LogP) is 5.78. The molecule has 3 heteroatoms. The van der Waals surface area contributed by atoms with Crippen LogP contribution < -0.4 is 4.74 Å². The molecule has 1 nitrogen and oxygen atoms in total. The minimum atomic E-state index is -0.131. The summed E-state index contributed by atoms with van der Waals surface area (Å²) in [6.45, 7) is 0. The van der Waals surface area contributed by atoms with Gasteiger partial charge in [-0.25, -0.2) is 0 Å². The summed E-state index contributed by atoms with van der Waals surface area (Å²) in [6, 6.07) is 20.7. The van der Waals surface area contributed by atoms with Gasteiger partial charge >= 0.3 is 0 Å². The van der Waals surface area contributed by atoms with E-state index in [1.54, 1.807) is 7.11 Å². The number of rotatable bonds is 3. The van der Waals surface area contributed by atoms with Gasteiger partial charge < -0.3 is 4.74 Å². The molecule has 106 valence electrons. The van der Waals surface area contributed by atoms with E-state index in [2.05, 4.69) is 71.1 Å². The van der Waals surface area contributed by atoms with Gasteiger partial charge in [0.15, 0.2) is 0 Å². The Bertz CT molecular complexity index is 768. The zero-order valence-electron chi connectivity index (χ0n) is 11.5. The average Bonchev–Trinajstić information content (AvgIpc) is 2.54. The third-order valence-corrected chi connectivity index (χ3v) is 4.75. The summed E-state index contributed by atoms with van der Waals surface area (Å²) in [5.41, 5.74) is 2.22. The van der Waals surface area contributed by atoms with Crippen LogP contribution >= 0.6 is 34.2 Å². The maximum atomic E-state index is 6.62. The molecule has 0 spiro atoms. The van der Waals surface area contributed by atoms with Crippen LogP contribution in [0.15, 0.2) is 60.7 Å². The van der Waals surface area contributed by atoms with E-state index in [0.717, 1.165) is 22.3 Å². The van der Waals surface area contributed by atoms with Gasteiger partial charge in [0, 0.05) is 3.57 Å². The molecule has 3 aromatic carbocycles. The fraction of sp³-hybridized carbons (Fsp3) is 0.111. The van der Waals surface area contributed by atoms with E-state index in [1.807, 2.05) is 12.1 Å². The highest BCUT2D eigenvalue weighted by molar-refractivity contribution is 14.1.